The molecule has 0 aromatic heterocycles. The van der Waals surface area contributed by atoms with E-state index in [-0.39, 0.29) is 5.82 Å². The zero-order valence-corrected chi connectivity index (χ0v) is 12.3. The van der Waals surface area contributed by atoms with E-state index in [0.29, 0.717) is 6.54 Å². The Morgan fingerprint density at radius 3 is 2.95 bits per heavy atom. The van der Waals surface area contributed by atoms with Gasteiger partial charge in [-0.1, -0.05) is 19.1 Å². The third kappa shape index (κ3) is 3.08. The third-order valence-electron chi connectivity index (χ3n) is 3.85. The molecule has 1 N–H and O–H groups in total. The molecule has 0 unspecified atom stereocenters. The van der Waals surface area contributed by atoms with Crippen molar-refractivity contribution >= 4 is 0 Å². The molecule has 110 valence electrons. The minimum Gasteiger partial charge on any atom is -0.493 e. The van der Waals surface area contributed by atoms with Crippen molar-refractivity contribution in [2.24, 2.45) is 0 Å². The van der Waals surface area contributed by atoms with Crippen LogP contribution < -0.4 is 10.1 Å². The number of hydrogen-bond acceptors (Lipinski definition) is 2. The van der Waals surface area contributed by atoms with Crippen LogP contribution in [-0.4, -0.2) is 13.2 Å². The van der Waals surface area contributed by atoms with E-state index in [1.807, 2.05) is 12.1 Å². The predicted molar refractivity (Wildman–Crippen MR) is 83.0 cm³/mol. The van der Waals surface area contributed by atoms with E-state index in [0.717, 1.165) is 48.4 Å². The highest BCUT2D eigenvalue weighted by molar-refractivity contribution is 5.69. The fourth-order valence-corrected chi connectivity index (χ4v) is 2.78. The molecule has 0 amide bonds. The summed E-state index contributed by atoms with van der Waals surface area (Å²) < 4.78 is 19.2. The van der Waals surface area contributed by atoms with Crippen LogP contribution in [0.25, 0.3) is 11.1 Å². The fraction of sp³-hybridized carbons (Fsp3) is 0.333. The molecule has 3 rings (SSSR count). The van der Waals surface area contributed by atoms with E-state index < -0.39 is 0 Å². The zero-order valence-electron chi connectivity index (χ0n) is 12.3. The van der Waals surface area contributed by atoms with Gasteiger partial charge in [-0.2, -0.15) is 0 Å². The first-order valence-electron chi connectivity index (χ1n) is 7.53. The maximum Gasteiger partial charge on any atom is 0.123 e. The Morgan fingerprint density at radius 1 is 1.19 bits per heavy atom. The molecular formula is C18H20FNO. The van der Waals surface area contributed by atoms with Crippen LogP contribution in [-0.2, 0) is 13.0 Å². The summed E-state index contributed by atoms with van der Waals surface area (Å²) in [7, 11) is 0. The Bertz CT molecular complexity index is 639. The van der Waals surface area contributed by atoms with E-state index in [2.05, 4.69) is 24.4 Å². The molecule has 0 saturated heterocycles. The Labute approximate surface area is 125 Å². The monoisotopic (exact) mass is 285 g/mol. The maximum atomic E-state index is 13.5. The average molecular weight is 285 g/mol. The normalized spacial score (nSPS) is 13.6. The Kier molecular flexibility index (Phi) is 4.20. The first-order valence-corrected chi connectivity index (χ1v) is 7.53. The highest BCUT2D eigenvalue weighted by Crippen LogP contribution is 2.32. The molecule has 1 aliphatic rings. The van der Waals surface area contributed by atoms with Gasteiger partial charge in [-0.15, -0.1) is 0 Å². The van der Waals surface area contributed by atoms with Crippen LogP contribution in [0.3, 0.4) is 0 Å². The summed E-state index contributed by atoms with van der Waals surface area (Å²) >= 11 is 0. The van der Waals surface area contributed by atoms with Gasteiger partial charge in [0, 0.05) is 6.54 Å². The lowest BCUT2D eigenvalue weighted by Crippen LogP contribution is -2.13. The number of aryl methyl sites for hydroxylation is 1. The molecule has 0 fully saturated rings. The van der Waals surface area contributed by atoms with Crippen LogP contribution in [0.5, 0.6) is 5.75 Å². The van der Waals surface area contributed by atoms with Gasteiger partial charge in [0.25, 0.3) is 0 Å². The van der Waals surface area contributed by atoms with Crippen LogP contribution >= 0.6 is 0 Å². The second-order valence-corrected chi connectivity index (χ2v) is 5.36. The quantitative estimate of drug-likeness (QED) is 0.919. The summed E-state index contributed by atoms with van der Waals surface area (Å²) in [5.74, 6) is 0.799. The van der Waals surface area contributed by atoms with E-state index in [4.69, 9.17) is 4.74 Å². The van der Waals surface area contributed by atoms with Gasteiger partial charge in [-0.3, -0.25) is 0 Å². The van der Waals surface area contributed by atoms with Crippen molar-refractivity contribution in [1.82, 2.24) is 5.32 Å². The molecule has 21 heavy (non-hydrogen) atoms. The number of halogens is 1. The summed E-state index contributed by atoms with van der Waals surface area (Å²) in [6, 6.07) is 11.3. The van der Waals surface area contributed by atoms with Gasteiger partial charge in [0.2, 0.25) is 0 Å². The van der Waals surface area contributed by atoms with Gasteiger partial charge in [0.1, 0.15) is 11.6 Å². The highest BCUT2D eigenvalue weighted by atomic mass is 19.1. The van der Waals surface area contributed by atoms with E-state index >= 15 is 0 Å². The number of ether oxygens (including phenoxy) is 1. The number of nitrogens with one attached hydrogen (secondary N) is 1. The van der Waals surface area contributed by atoms with Crippen LogP contribution in [0.2, 0.25) is 0 Å². The van der Waals surface area contributed by atoms with Crippen molar-refractivity contribution in [1.29, 1.82) is 0 Å². The van der Waals surface area contributed by atoms with Crippen LogP contribution in [0.4, 0.5) is 4.39 Å². The van der Waals surface area contributed by atoms with Crippen molar-refractivity contribution < 1.29 is 9.13 Å². The molecule has 0 bridgehead atoms. The summed E-state index contributed by atoms with van der Waals surface area (Å²) in [4.78, 5) is 0. The lowest BCUT2D eigenvalue weighted by atomic mass is 9.95. The molecule has 2 aromatic carbocycles. The van der Waals surface area contributed by atoms with Crippen molar-refractivity contribution in [2.45, 2.75) is 26.3 Å². The van der Waals surface area contributed by atoms with Crippen molar-refractivity contribution in [3.8, 4) is 16.9 Å². The van der Waals surface area contributed by atoms with Crippen molar-refractivity contribution in [2.75, 3.05) is 13.2 Å². The van der Waals surface area contributed by atoms with Gasteiger partial charge in [0.15, 0.2) is 0 Å². The lowest BCUT2D eigenvalue weighted by molar-refractivity contribution is 0.288. The molecule has 0 aliphatic carbocycles. The molecule has 2 nitrogen and oxygen atoms in total. The fourth-order valence-electron chi connectivity index (χ4n) is 2.78. The lowest BCUT2D eigenvalue weighted by Gasteiger charge is -2.19. The van der Waals surface area contributed by atoms with Crippen LogP contribution in [0.1, 0.15) is 24.5 Å². The molecule has 2 aromatic rings. The second kappa shape index (κ2) is 6.27. The minimum atomic E-state index is -0.187. The molecule has 3 heteroatoms. The second-order valence-electron chi connectivity index (χ2n) is 5.36. The Balaban J connectivity index is 1.99. The van der Waals surface area contributed by atoms with E-state index in [1.165, 1.54) is 11.6 Å². The maximum absolute atomic E-state index is 13.5. The predicted octanol–water partition coefficient (Wildman–Crippen LogP) is 3.93. The molecule has 0 saturated carbocycles. The van der Waals surface area contributed by atoms with E-state index in [1.54, 1.807) is 6.07 Å². The molecular weight excluding hydrogens is 265 g/mol. The molecule has 0 atom stereocenters. The summed E-state index contributed by atoms with van der Waals surface area (Å²) in [6.45, 7) is 4.40. The summed E-state index contributed by atoms with van der Waals surface area (Å²) in [6.07, 6.45) is 2.11. The number of fused-ring (bicyclic) bond motifs is 1. The minimum absolute atomic E-state index is 0.187. The third-order valence-corrected chi connectivity index (χ3v) is 3.85. The summed E-state index contributed by atoms with van der Waals surface area (Å²) in [5.41, 5.74) is 4.46. The SMILES string of the molecule is CCNCc1cc(F)ccc1-c1ccc2c(c1)CCCO2. The standard InChI is InChI=1S/C18H20FNO/c1-2-20-12-15-11-16(19)6-7-17(15)13-5-8-18-14(10-13)4-3-9-21-18/h5-8,10-11,20H,2-4,9,12H2,1H3. The average Bonchev–Trinajstić information content (AvgIpc) is 2.52. The smallest absolute Gasteiger partial charge is 0.123 e. The van der Waals surface area contributed by atoms with Crippen molar-refractivity contribution in [3.05, 3.63) is 53.3 Å². The topological polar surface area (TPSA) is 21.3 Å². The zero-order chi connectivity index (χ0) is 14.7. The summed E-state index contributed by atoms with van der Waals surface area (Å²) in [5, 5.41) is 3.27. The highest BCUT2D eigenvalue weighted by Gasteiger charge is 2.13. The molecule has 0 spiro atoms. The van der Waals surface area contributed by atoms with Crippen LogP contribution in [0, 0.1) is 5.82 Å². The number of hydrogen-bond donors (Lipinski definition) is 1. The number of rotatable bonds is 4. The van der Waals surface area contributed by atoms with Gasteiger partial charge in [0.05, 0.1) is 6.61 Å². The first kappa shape index (κ1) is 14.1. The first-order chi connectivity index (χ1) is 10.3. The number of benzene rings is 2. The van der Waals surface area contributed by atoms with Gasteiger partial charge >= 0.3 is 0 Å². The van der Waals surface area contributed by atoms with E-state index in [9.17, 15) is 4.39 Å². The van der Waals surface area contributed by atoms with Crippen molar-refractivity contribution in [3.63, 3.8) is 0 Å². The van der Waals surface area contributed by atoms with Gasteiger partial charge < -0.3 is 10.1 Å². The Hall–Kier alpha value is -1.87. The molecule has 1 heterocycles. The molecule has 0 radical (unpaired) electrons. The molecule has 1 aliphatic heterocycles. The van der Waals surface area contributed by atoms with Gasteiger partial charge in [-0.25, -0.2) is 4.39 Å². The van der Waals surface area contributed by atoms with Crippen LogP contribution in [0.15, 0.2) is 36.4 Å². The van der Waals surface area contributed by atoms with Gasteiger partial charge in [-0.05, 0) is 65.9 Å². The Morgan fingerprint density at radius 2 is 2.10 bits per heavy atom. The largest absolute Gasteiger partial charge is 0.493 e.